The predicted octanol–water partition coefficient (Wildman–Crippen LogP) is 1.70. The van der Waals surface area contributed by atoms with Gasteiger partial charge in [0, 0.05) is 11.6 Å². The van der Waals surface area contributed by atoms with Crippen LogP contribution in [0.15, 0.2) is 18.2 Å². The quantitative estimate of drug-likeness (QED) is 0.820. The Morgan fingerprint density at radius 3 is 2.18 bits per heavy atom. The molecule has 0 aliphatic rings. The molecule has 96 valence electrons. The van der Waals surface area contributed by atoms with Gasteiger partial charge in [-0.1, -0.05) is 6.07 Å². The van der Waals surface area contributed by atoms with E-state index in [1.807, 2.05) is 39.1 Å². The van der Waals surface area contributed by atoms with Gasteiger partial charge in [-0.3, -0.25) is 0 Å². The van der Waals surface area contributed by atoms with Crippen LogP contribution >= 0.6 is 0 Å². The van der Waals surface area contributed by atoms with Crippen molar-refractivity contribution in [3.05, 3.63) is 23.8 Å². The van der Waals surface area contributed by atoms with Crippen LogP contribution < -0.4 is 20.5 Å². The van der Waals surface area contributed by atoms with Gasteiger partial charge >= 0.3 is 0 Å². The molecule has 4 nitrogen and oxygen atoms in total. The number of nitrogens with two attached hydrogens (primary N) is 1. The number of nitrogens with one attached hydrogen (secondary N) is 1. The molecule has 0 heterocycles. The molecule has 4 heteroatoms. The molecule has 3 N–H and O–H groups in total. The van der Waals surface area contributed by atoms with Crippen molar-refractivity contribution in [3.8, 4) is 11.5 Å². The van der Waals surface area contributed by atoms with Gasteiger partial charge in [-0.05, 0) is 38.6 Å². The van der Waals surface area contributed by atoms with E-state index in [2.05, 4.69) is 5.32 Å². The molecule has 1 aromatic carbocycles. The molecule has 0 saturated carbocycles. The fourth-order valence-electron chi connectivity index (χ4n) is 2.00. The summed E-state index contributed by atoms with van der Waals surface area (Å²) >= 11 is 0. The van der Waals surface area contributed by atoms with E-state index in [1.54, 1.807) is 14.2 Å². The molecule has 0 spiro atoms. The Balaban J connectivity index is 3.14. The first-order valence-electron chi connectivity index (χ1n) is 5.62. The normalized spacial score (nSPS) is 13.3. The molecule has 0 radical (unpaired) electrons. The second-order valence-electron chi connectivity index (χ2n) is 4.66. The molecular weight excluding hydrogens is 216 g/mol. The van der Waals surface area contributed by atoms with E-state index in [9.17, 15) is 0 Å². The number of benzene rings is 1. The Kier molecular flexibility index (Phi) is 4.37. The Bertz CT molecular complexity index is 372. The highest BCUT2D eigenvalue weighted by molar-refractivity contribution is 5.44. The van der Waals surface area contributed by atoms with Crippen LogP contribution in [-0.2, 0) is 0 Å². The lowest BCUT2D eigenvalue weighted by atomic mass is 9.89. The highest BCUT2D eigenvalue weighted by Gasteiger charge is 2.25. The minimum atomic E-state index is -0.353. The molecule has 1 rings (SSSR count). The number of hydrogen-bond donors (Lipinski definition) is 2. The van der Waals surface area contributed by atoms with Crippen molar-refractivity contribution < 1.29 is 9.47 Å². The van der Waals surface area contributed by atoms with Crippen LogP contribution in [0.3, 0.4) is 0 Å². The molecule has 0 aliphatic heterocycles. The molecule has 17 heavy (non-hydrogen) atoms. The molecule has 0 aliphatic carbocycles. The summed E-state index contributed by atoms with van der Waals surface area (Å²) in [6, 6.07) is 5.90. The van der Waals surface area contributed by atoms with Crippen LogP contribution in [0.1, 0.15) is 25.5 Å². The highest BCUT2D eigenvalue weighted by Crippen LogP contribution is 2.32. The average molecular weight is 238 g/mol. The van der Waals surface area contributed by atoms with E-state index < -0.39 is 0 Å². The largest absolute Gasteiger partial charge is 0.493 e. The van der Waals surface area contributed by atoms with Crippen molar-refractivity contribution in [1.29, 1.82) is 0 Å². The Morgan fingerprint density at radius 2 is 1.76 bits per heavy atom. The summed E-state index contributed by atoms with van der Waals surface area (Å²) in [7, 11) is 5.15. The molecule has 0 amide bonds. The Morgan fingerprint density at radius 1 is 1.18 bits per heavy atom. The van der Waals surface area contributed by atoms with E-state index in [4.69, 9.17) is 15.2 Å². The minimum Gasteiger partial charge on any atom is -0.493 e. The standard InChI is InChI=1S/C13H22N2O2/c1-13(2,14)12(15-3)9-6-7-10(16-4)11(8-9)17-5/h6-8,12,15H,14H2,1-5H3. The summed E-state index contributed by atoms with van der Waals surface area (Å²) in [5.74, 6) is 1.44. The van der Waals surface area contributed by atoms with Crippen LogP contribution in [0.25, 0.3) is 0 Å². The number of hydrogen-bond acceptors (Lipinski definition) is 4. The van der Waals surface area contributed by atoms with Gasteiger partial charge in [0.05, 0.1) is 14.2 Å². The minimum absolute atomic E-state index is 0.0577. The van der Waals surface area contributed by atoms with Crippen LogP contribution in [0.2, 0.25) is 0 Å². The first-order valence-corrected chi connectivity index (χ1v) is 5.62. The molecule has 0 saturated heterocycles. The van der Waals surface area contributed by atoms with E-state index in [0.717, 1.165) is 17.1 Å². The first kappa shape index (κ1) is 13.8. The monoisotopic (exact) mass is 238 g/mol. The highest BCUT2D eigenvalue weighted by atomic mass is 16.5. The lowest BCUT2D eigenvalue weighted by Crippen LogP contribution is -2.45. The molecule has 1 unspecified atom stereocenters. The average Bonchev–Trinajstić information content (AvgIpc) is 2.27. The number of ether oxygens (including phenoxy) is 2. The summed E-state index contributed by atoms with van der Waals surface area (Å²) in [5, 5.41) is 3.23. The first-order chi connectivity index (χ1) is 7.93. The van der Waals surface area contributed by atoms with Crippen molar-refractivity contribution in [2.45, 2.75) is 25.4 Å². The summed E-state index contributed by atoms with van der Waals surface area (Å²) in [5.41, 5.74) is 6.88. The molecule has 1 aromatic rings. The number of likely N-dealkylation sites (N-methyl/N-ethyl adjacent to an activating group) is 1. The molecule has 0 fully saturated rings. The van der Waals surface area contributed by atoms with Gasteiger partial charge < -0.3 is 20.5 Å². The van der Waals surface area contributed by atoms with Crippen molar-refractivity contribution in [3.63, 3.8) is 0 Å². The molecule has 0 bridgehead atoms. The zero-order chi connectivity index (χ0) is 13.1. The van der Waals surface area contributed by atoms with Gasteiger partial charge in [-0.2, -0.15) is 0 Å². The predicted molar refractivity (Wildman–Crippen MR) is 69.6 cm³/mol. The third kappa shape index (κ3) is 3.11. The van der Waals surface area contributed by atoms with Gasteiger partial charge in [0.15, 0.2) is 11.5 Å². The Labute approximate surface area is 103 Å². The number of methoxy groups -OCH3 is 2. The van der Waals surface area contributed by atoms with Gasteiger partial charge in [-0.25, -0.2) is 0 Å². The SMILES string of the molecule is CNC(c1ccc(OC)c(OC)c1)C(C)(C)N. The maximum Gasteiger partial charge on any atom is 0.161 e. The van der Waals surface area contributed by atoms with Gasteiger partial charge in [0.1, 0.15) is 0 Å². The number of rotatable bonds is 5. The van der Waals surface area contributed by atoms with Crippen molar-refractivity contribution >= 4 is 0 Å². The van der Waals surface area contributed by atoms with Crippen LogP contribution in [0.5, 0.6) is 11.5 Å². The fourth-order valence-corrected chi connectivity index (χ4v) is 2.00. The van der Waals surface area contributed by atoms with E-state index >= 15 is 0 Å². The van der Waals surface area contributed by atoms with E-state index in [1.165, 1.54) is 0 Å². The second-order valence-corrected chi connectivity index (χ2v) is 4.66. The summed E-state index contributed by atoms with van der Waals surface area (Å²) in [4.78, 5) is 0. The summed E-state index contributed by atoms with van der Waals surface area (Å²) in [6.45, 7) is 3.98. The maximum atomic E-state index is 6.15. The van der Waals surface area contributed by atoms with Crippen LogP contribution in [0, 0.1) is 0 Å². The zero-order valence-corrected chi connectivity index (χ0v) is 11.2. The smallest absolute Gasteiger partial charge is 0.161 e. The van der Waals surface area contributed by atoms with Gasteiger partial charge in [0.25, 0.3) is 0 Å². The van der Waals surface area contributed by atoms with E-state index in [-0.39, 0.29) is 11.6 Å². The van der Waals surface area contributed by atoms with E-state index in [0.29, 0.717) is 0 Å². The lowest BCUT2D eigenvalue weighted by Gasteiger charge is -2.31. The lowest BCUT2D eigenvalue weighted by molar-refractivity contribution is 0.347. The van der Waals surface area contributed by atoms with Crippen molar-refractivity contribution in [1.82, 2.24) is 5.32 Å². The van der Waals surface area contributed by atoms with Crippen LogP contribution in [0.4, 0.5) is 0 Å². The third-order valence-electron chi connectivity index (χ3n) is 2.77. The van der Waals surface area contributed by atoms with Crippen molar-refractivity contribution in [2.75, 3.05) is 21.3 Å². The van der Waals surface area contributed by atoms with Crippen LogP contribution in [-0.4, -0.2) is 26.8 Å². The van der Waals surface area contributed by atoms with Gasteiger partial charge in [0.2, 0.25) is 0 Å². The second kappa shape index (κ2) is 5.38. The zero-order valence-electron chi connectivity index (χ0n) is 11.2. The topological polar surface area (TPSA) is 56.5 Å². The fraction of sp³-hybridized carbons (Fsp3) is 0.538. The summed E-state index contributed by atoms with van der Waals surface area (Å²) in [6.07, 6.45) is 0. The molecule has 0 aromatic heterocycles. The molecule has 1 atom stereocenters. The maximum absolute atomic E-state index is 6.15. The Hall–Kier alpha value is -1.26. The van der Waals surface area contributed by atoms with Crippen molar-refractivity contribution in [2.24, 2.45) is 5.73 Å². The molecular formula is C13H22N2O2. The third-order valence-corrected chi connectivity index (χ3v) is 2.77. The van der Waals surface area contributed by atoms with Gasteiger partial charge in [-0.15, -0.1) is 0 Å². The summed E-state index contributed by atoms with van der Waals surface area (Å²) < 4.78 is 10.5.